The lowest BCUT2D eigenvalue weighted by Gasteiger charge is -2.45. The lowest BCUT2D eigenvalue weighted by atomic mass is 9.84. The summed E-state index contributed by atoms with van der Waals surface area (Å²) in [6.07, 6.45) is 3.49. The molecule has 0 bridgehead atoms. The van der Waals surface area contributed by atoms with Gasteiger partial charge in [0.25, 0.3) is 5.91 Å². The first-order chi connectivity index (χ1) is 9.58. The van der Waals surface area contributed by atoms with Crippen LogP contribution in [0, 0.1) is 12.8 Å². The summed E-state index contributed by atoms with van der Waals surface area (Å²) < 4.78 is 0. The second kappa shape index (κ2) is 5.09. The number of aryl methyl sites for hydroxylation is 1. The number of piperidine rings is 2. The maximum absolute atomic E-state index is 12.5. The van der Waals surface area contributed by atoms with E-state index in [1.165, 1.54) is 19.4 Å². The highest BCUT2D eigenvalue weighted by molar-refractivity contribution is 5.97. The van der Waals surface area contributed by atoms with Gasteiger partial charge in [-0.3, -0.25) is 9.89 Å². The Morgan fingerprint density at radius 3 is 2.90 bits per heavy atom. The van der Waals surface area contributed by atoms with Crippen molar-refractivity contribution in [2.24, 2.45) is 5.92 Å². The number of nitrogen functional groups attached to an aromatic ring is 1. The molecular formula is C14H23N5O. The molecule has 6 nitrogen and oxygen atoms in total. The minimum atomic E-state index is -0.0291. The SMILES string of the molecule is Cc1[nH]nc(C(=O)N2CCC3C(CCCN3C)C2)c1N. The van der Waals surface area contributed by atoms with Crippen molar-refractivity contribution < 1.29 is 4.79 Å². The second-order valence-corrected chi connectivity index (χ2v) is 6.10. The van der Waals surface area contributed by atoms with Crippen molar-refractivity contribution in [2.45, 2.75) is 32.2 Å². The van der Waals surface area contributed by atoms with E-state index in [0.717, 1.165) is 25.2 Å². The highest BCUT2D eigenvalue weighted by Crippen LogP contribution is 2.30. The zero-order valence-corrected chi connectivity index (χ0v) is 12.2. The number of hydrogen-bond acceptors (Lipinski definition) is 4. The van der Waals surface area contributed by atoms with E-state index in [1.807, 2.05) is 11.8 Å². The maximum atomic E-state index is 12.5. The molecule has 0 saturated carbocycles. The third-order valence-corrected chi connectivity index (χ3v) is 4.83. The number of aromatic nitrogens is 2. The molecule has 3 rings (SSSR count). The molecule has 110 valence electrons. The molecule has 2 atom stereocenters. The smallest absolute Gasteiger partial charge is 0.276 e. The Bertz CT molecular complexity index is 512. The summed E-state index contributed by atoms with van der Waals surface area (Å²) >= 11 is 0. The van der Waals surface area contributed by atoms with Crippen molar-refractivity contribution in [2.75, 3.05) is 32.4 Å². The predicted molar refractivity (Wildman–Crippen MR) is 77.4 cm³/mol. The van der Waals surface area contributed by atoms with E-state index in [4.69, 9.17) is 5.73 Å². The molecule has 2 aliphatic rings. The number of H-pyrrole nitrogens is 1. The molecule has 2 saturated heterocycles. The standard InChI is InChI=1S/C14H23N5O/c1-9-12(15)13(17-16-9)14(20)19-7-5-11-10(8-19)4-3-6-18(11)2/h10-11H,3-8,15H2,1-2H3,(H,16,17). The van der Waals surface area contributed by atoms with E-state index in [9.17, 15) is 4.79 Å². The molecule has 1 amide bonds. The van der Waals surface area contributed by atoms with Gasteiger partial charge in [-0.1, -0.05) is 0 Å². The van der Waals surface area contributed by atoms with Gasteiger partial charge in [-0.25, -0.2) is 0 Å². The minimum Gasteiger partial charge on any atom is -0.395 e. The Kier molecular flexibility index (Phi) is 3.41. The van der Waals surface area contributed by atoms with Crippen LogP contribution in [0.3, 0.4) is 0 Å². The third-order valence-electron chi connectivity index (χ3n) is 4.83. The first-order valence-corrected chi connectivity index (χ1v) is 7.38. The molecule has 0 spiro atoms. The quantitative estimate of drug-likeness (QED) is 0.798. The average Bonchev–Trinajstić information content (AvgIpc) is 2.78. The van der Waals surface area contributed by atoms with Crippen LogP contribution in [0.5, 0.6) is 0 Å². The van der Waals surface area contributed by atoms with Crippen LogP contribution in [0.25, 0.3) is 0 Å². The van der Waals surface area contributed by atoms with Gasteiger partial charge in [-0.15, -0.1) is 0 Å². The Labute approximate surface area is 119 Å². The number of nitrogens with zero attached hydrogens (tertiary/aromatic N) is 3. The molecule has 0 aliphatic carbocycles. The van der Waals surface area contributed by atoms with Gasteiger partial charge in [0, 0.05) is 19.1 Å². The number of carbonyl (C=O) groups excluding carboxylic acids is 1. The fourth-order valence-electron chi connectivity index (χ4n) is 3.59. The van der Waals surface area contributed by atoms with Gasteiger partial charge in [-0.2, -0.15) is 5.10 Å². The molecule has 0 radical (unpaired) electrons. The number of hydrogen-bond donors (Lipinski definition) is 2. The number of nitrogens with two attached hydrogens (primary N) is 1. The van der Waals surface area contributed by atoms with Crippen LogP contribution in [-0.4, -0.2) is 58.6 Å². The van der Waals surface area contributed by atoms with Crippen LogP contribution < -0.4 is 5.73 Å². The van der Waals surface area contributed by atoms with Crippen LogP contribution in [-0.2, 0) is 0 Å². The molecule has 1 aromatic heterocycles. The van der Waals surface area contributed by atoms with Gasteiger partial charge < -0.3 is 15.5 Å². The summed E-state index contributed by atoms with van der Waals surface area (Å²) in [6.45, 7) is 4.65. The fourth-order valence-corrected chi connectivity index (χ4v) is 3.59. The van der Waals surface area contributed by atoms with E-state index >= 15 is 0 Å². The number of rotatable bonds is 1. The van der Waals surface area contributed by atoms with E-state index in [0.29, 0.717) is 23.3 Å². The predicted octanol–water partition coefficient (Wildman–Crippen LogP) is 0.857. The molecule has 20 heavy (non-hydrogen) atoms. The van der Waals surface area contributed by atoms with Crippen molar-refractivity contribution in [3.05, 3.63) is 11.4 Å². The van der Waals surface area contributed by atoms with Crippen molar-refractivity contribution in [3.8, 4) is 0 Å². The molecule has 2 unspecified atom stereocenters. The number of likely N-dealkylation sites (tertiary alicyclic amines) is 2. The number of nitrogens with one attached hydrogen (secondary N) is 1. The number of anilines is 1. The fraction of sp³-hybridized carbons (Fsp3) is 0.714. The lowest BCUT2D eigenvalue weighted by Crippen LogP contribution is -2.54. The Morgan fingerprint density at radius 1 is 1.40 bits per heavy atom. The molecule has 3 N–H and O–H groups in total. The minimum absolute atomic E-state index is 0.0291. The van der Waals surface area contributed by atoms with Gasteiger partial charge in [0.15, 0.2) is 5.69 Å². The van der Waals surface area contributed by atoms with E-state index in [2.05, 4.69) is 22.1 Å². The van der Waals surface area contributed by atoms with Crippen LogP contribution >= 0.6 is 0 Å². The lowest BCUT2D eigenvalue weighted by molar-refractivity contribution is 0.0314. The zero-order chi connectivity index (χ0) is 14.3. The van der Waals surface area contributed by atoms with E-state index < -0.39 is 0 Å². The zero-order valence-electron chi connectivity index (χ0n) is 12.2. The Balaban J connectivity index is 1.73. The van der Waals surface area contributed by atoms with Crippen LogP contribution in [0.15, 0.2) is 0 Å². The monoisotopic (exact) mass is 277 g/mol. The van der Waals surface area contributed by atoms with Gasteiger partial charge in [0.2, 0.25) is 0 Å². The highest BCUT2D eigenvalue weighted by Gasteiger charge is 2.36. The maximum Gasteiger partial charge on any atom is 0.276 e. The third kappa shape index (κ3) is 2.18. The van der Waals surface area contributed by atoms with Crippen molar-refractivity contribution in [3.63, 3.8) is 0 Å². The van der Waals surface area contributed by atoms with Gasteiger partial charge in [0.05, 0.1) is 11.4 Å². The van der Waals surface area contributed by atoms with Gasteiger partial charge in [-0.05, 0) is 45.7 Å². The van der Waals surface area contributed by atoms with E-state index in [-0.39, 0.29) is 5.91 Å². The number of carbonyl (C=O) groups is 1. The molecule has 2 aliphatic heterocycles. The van der Waals surface area contributed by atoms with Crippen LogP contribution in [0.2, 0.25) is 0 Å². The van der Waals surface area contributed by atoms with Crippen molar-refractivity contribution >= 4 is 11.6 Å². The number of amides is 1. The summed E-state index contributed by atoms with van der Waals surface area (Å²) in [4.78, 5) is 16.9. The van der Waals surface area contributed by atoms with Gasteiger partial charge in [0.1, 0.15) is 0 Å². The first kappa shape index (κ1) is 13.4. The molecule has 1 aromatic rings. The summed E-state index contributed by atoms with van der Waals surface area (Å²) in [6, 6.07) is 0.631. The summed E-state index contributed by atoms with van der Waals surface area (Å²) in [5, 5.41) is 6.85. The molecule has 6 heteroatoms. The van der Waals surface area contributed by atoms with E-state index in [1.54, 1.807) is 0 Å². The topological polar surface area (TPSA) is 78.2 Å². The average molecular weight is 277 g/mol. The summed E-state index contributed by atoms with van der Waals surface area (Å²) in [5.74, 6) is 0.561. The Morgan fingerprint density at radius 2 is 2.20 bits per heavy atom. The molecule has 2 fully saturated rings. The second-order valence-electron chi connectivity index (χ2n) is 6.10. The normalized spacial score (nSPS) is 27.4. The largest absolute Gasteiger partial charge is 0.395 e. The van der Waals surface area contributed by atoms with Crippen LogP contribution in [0.1, 0.15) is 35.4 Å². The molecular weight excluding hydrogens is 254 g/mol. The number of fused-ring (bicyclic) bond motifs is 1. The first-order valence-electron chi connectivity index (χ1n) is 7.38. The van der Waals surface area contributed by atoms with Crippen molar-refractivity contribution in [1.82, 2.24) is 20.0 Å². The number of aromatic amines is 1. The Hall–Kier alpha value is -1.56. The van der Waals surface area contributed by atoms with Gasteiger partial charge >= 0.3 is 0 Å². The molecule has 3 heterocycles. The van der Waals surface area contributed by atoms with Crippen molar-refractivity contribution in [1.29, 1.82) is 0 Å². The van der Waals surface area contributed by atoms with Crippen LogP contribution in [0.4, 0.5) is 5.69 Å². The summed E-state index contributed by atoms with van der Waals surface area (Å²) in [5.41, 5.74) is 7.54. The molecule has 0 aromatic carbocycles. The highest BCUT2D eigenvalue weighted by atomic mass is 16.2. The summed E-state index contributed by atoms with van der Waals surface area (Å²) in [7, 11) is 2.20.